The maximum Gasteiger partial charge on any atom is 0.194 e. The standard InChI is InChI=1S/C15H27N5S.HI/c1-5-16-15(17-8-13-9-18-19(4)10-13)20-6-7-21-14(11-20)12(2)3;/h9-10,12,14H,5-8,11H2,1-4H3,(H,16,17);1H. The zero-order chi connectivity index (χ0) is 15.2. The van der Waals surface area contributed by atoms with E-state index in [1.54, 1.807) is 0 Å². The van der Waals surface area contributed by atoms with Gasteiger partial charge in [0.25, 0.3) is 0 Å². The maximum absolute atomic E-state index is 4.78. The van der Waals surface area contributed by atoms with Crippen molar-refractivity contribution in [3.63, 3.8) is 0 Å². The Morgan fingerprint density at radius 3 is 2.91 bits per heavy atom. The van der Waals surface area contributed by atoms with Gasteiger partial charge in [-0.2, -0.15) is 16.9 Å². The minimum Gasteiger partial charge on any atom is -0.357 e. The summed E-state index contributed by atoms with van der Waals surface area (Å²) in [6, 6.07) is 0. The SMILES string of the molecule is CCNC(=NCc1cnn(C)c1)N1CCSC(C(C)C)C1.I. The number of aliphatic imine (C=N–C) groups is 1. The van der Waals surface area contributed by atoms with Crippen molar-refractivity contribution >= 4 is 41.7 Å². The molecule has 1 aliphatic rings. The number of thioether (sulfide) groups is 1. The van der Waals surface area contributed by atoms with Gasteiger partial charge in [0.1, 0.15) is 0 Å². The third-order valence-corrected chi connectivity index (χ3v) is 5.18. The average Bonchev–Trinajstić information content (AvgIpc) is 2.89. The van der Waals surface area contributed by atoms with Crippen molar-refractivity contribution in [1.29, 1.82) is 0 Å². The summed E-state index contributed by atoms with van der Waals surface area (Å²) in [4.78, 5) is 7.19. The van der Waals surface area contributed by atoms with E-state index in [1.165, 1.54) is 5.75 Å². The summed E-state index contributed by atoms with van der Waals surface area (Å²) in [5.41, 5.74) is 1.15. The van der Waals surface area contributed by atoms with Crippen LogP contribution in [-0.2, 0) is 13.6 Å². The van der Waals surface area contributed by atoms with E-state index < -0.39 is 0 Å². The molecule has 1 aromatic heterocycles. The van der Waals surface area contributed by atoms with Crippen molar-refractivity contribution in [1.82, 2.24) is 20.0 Å². The molecule has 1 atom stereocenters. The number of halogens is 1. The normalized spacial score (nSPS) is 19.2. The van der Waals surface area contributed by atoms with Gasteiger partial charge in [-0.25, -0.2) is 4.99 Å². The van der Waals surface area contributed by atoms with Gasteiger partial charge in [0.15, 0.2) is 5.96 Å². The van der Waals surface area contributed by atoms with Crippen LogP contribution in [0.25, 0.3) is 0 Å². The lowest BCUT2D eigenvalue weighted by molar-refractivity contribution is 0.381. The summed E-state index contributed by atoms with van der Waals surface area (Å²) in [6.07, 6.45) is 3.91. The van der Waals surface area contributed by atoms with Crippen LogP contribution in [0.1, 0.15) is 26.3 Å². The van der Waals surface area contributed by atoms with Crippen molar-refractivity contribution in [2.75, 3.05) is 25.4 Å². The highest BCUT2D eigenvalue weighted by atomic mass is 127. The lowest BCUT2D eigenvalue weighted by Crippen LogP contribution is -2.49. The first-order chi connectivity index (χ1) is 10.1. The average molecular weight is 437 g/mol. The van der Waals surface area contributed by atoms with Crippen molar-refractivity contribution in [3.8, 4) is 0 Å². The molecule has 0 aliphatic carbocycles. The molecule has 0 amide bonds. The summed E-state index contributed by atoms with van der Waals surface area (Å²) >= 11 is 2.09. The molecule has 2 rings (SSSR count). The fourth-order valence-corrected chi connectivity index (χ4v) is 3.72. The van der Waals surface area contributed by atoms with Gasteiger partial charge in [-0.3, -0.25) is 4.68 Å². The first-order valence-corrected chi connectivity index (χ1v) is 8.77. The number of hydrogen-bond acceptors (Lipinski definition) is 3. The summed E-state index contributed by atoms with van der Waals surface area (Å²) < 4.78 is 1.82. The first kappa shape index (κ1) is 19.6. The van der Waals surface area contributed by atoms with E-state index in [0.29, 0.717) is 17.7 Å². The first-order valence-electron chi connectivity index (χ1n) is 7.72. The summed E-state index contributed by atoms with van der Waals surface area (Å²) in [7, 11) is 1.94. The van der Waals surface area contributed by atoms with Crippen LogP contribution in [0.4, 0.5) is 0 Å². The number of nitrogens with zero attached hydrogens (tertiary/aromatic N) is 4. The van der Waals surface area contributed by atoms with E-state index in [-0.39, 0.29) is 24.0 Å². The molecule has 0 spiro atoms. The van der Waals surface area contributed by atoms with Crippen LogP contribution in [0.2, 0.25) is 0 Å². The zero-order valence-corrected chi connectivity index (χ0v) is 17.1. The topological polar surface area (TPSA) is 45.5 Å². The number of aromatic nitrogens is 2. The molecule has 0 radical (unpaired) electrons. The fourth-order valence-electron chi connectivity index (χ4n) is 2.42. The third kappa shape index (κ3) is 5.64. The molecule has 1 fully saturated rings. The zero-order valence-electron chi connectivity index (χ0n) is 14.0. The second kappa shape index (κ2) is 9.64. The van der Waals surface area contributed by atoms with Crippen LogP contribution >= 0.6 is 35.7 Å². The Balaban J connectivity index is 0.00000242. The van der Waals surface area contributed by atoms with E-state index in [4.69, 9.17) is 4.99 Å². The summed E-state index contributed by atoms with van der Waals surface area (Å²) in [5, 5.41) is 8.32. The molecule has 22 heavy (non-hydrogen) atoms. The highest BCUT2D eigenvalue weighted by Gasteiger charge is 2.24. The van der Waals surface area contributed by atoms with Crippen LogP contribution < -0.4 is 5.32 Å². The molecule has 126 valence electrons. The van der Waals surface area contributed by atoms with E-state index in [9.17, 15) is 0 Å². The molecule has 2 heterocycles. The van der Waals surface area contributed by atoms with Crippen LogP contribution in [-0.4, -0.2) is 51.3 Å². The Bertz CT molecular complexity index is 474. The van der Waals surface area contributed by atoms with Crippen LogP contribution in [0.5, 0.6) is 0 Å². The summed E-state index contributed by atoms with van der Waals surface area (Å²) in [6.45, 7) is 10.5. The van der Waals surface area contributed by atoms with Gasteiger partial charge in [-0.15, -0.1) is 24.0 Å². The molecular weight excluding hydrogens is 409 g/mol. The molecule has 7 heteroatoms. The van der Waals surface area contributed by atoms with Gasteiger partial charge in [0.05, 0.1) is 12.7 Å². The van der Waals surface area contributed by atoms with Gasteiger partial charge in [0.2, 0.25) is 0 Å². The minimum absolute atomic E-state index is 0. The maximum atomic E-state index is 4.78. The third-order valence-electron chi connectivity index (χ3n) is 3.64. The van der Waals surface area contributed by atoms with E-state index in [1.807, 2.05) is 24.1 Å². The summed E-state index contributed by atoms with van der Waals surface area (Å²) in [5.74, 6) is 2.92. The predicted molar refractivity (Wildman–Crippen MR) is 106 cm³/mol. The monoisotopic (exact) mass is 437 g/mol. The number of aryl methyl sites for hydroxylation is 1. The lowest BCUT2D eigenvalue weighted by atomic mass is 10.1. The second-order valence-corrected chi connectivity index (χ2v) is 7.14. The van der Waals surface area contributed by atoms with Gasteiger partial charge < -0.3 is 10.2 Å². The molecule has 1 N–H and O–H groups in total. The lowest BCUT2D eigenvalue weighted by Gasteiger charge is -2.36. The van der Waals surface area contributed by atoms with Crippen molar-refractivity contribution in [3.05, 3.63) is 18.0 Å². The van der Waals surface area contributed by atoms with Gasteiger partial charge in [-0.1, -0.05) is 13.8 Å². The predicted octanol–water partition coefficient (Wildman–Crippen LogP) is 2.58. The molecule has 1 aliphatic heterocycles. The Kier molecular flexibility index (Phi) is 8.59. The molecular formula is C15H28IN5S. The van der Waals surface area contributed by atoms with Crippen molar-refractivity contribution in [2.45, 2.75) is 32.6 Å². The Hall–Kier alpha value is -0.440. The molecule has 0 bridgehead atoms. The Morgan fingerprint density at radius 1 is 1.55 bits per heavy atom. The largest absolute Gasteiger partial charge is 0.357 e. The number of hydrogen-bond donors (Lipinski definition) is 1. The number of rotatable bonds is 4. The Morgan fingerprint density at radius 2 is 2.32 bits per heavy atom. The van der Waals surface area contributed by atoms with Gasteiger partial charge in [0, 0.05) is 49.4 Å². The van der Waals surface area contributed by atoms with Crippen molar-refractivity contribution < 1.29 is 0 Å². The van der Waals surface area contributed by atoms with Crippen LogP contribution in [0.15, 0.2) is 17.4 Å². The van der Waals surface area contributed by atoms with E-state index in [2.05, 4.69) is 47.8 Å². The number of guanidine groups is 1. The van der Waals surface area contributed by atoms with E-state index >= 15 is 0 Å². The molecule has 0 saturated carbocycles. The molecule has 0 aromatic carbocycles. The minimum atomic E-state index is 0. The van der Waals surface area contributed by atoms with E-state index in [0.717, 1.165) is 31.2 Å². The number of nitrogens with one attached hydrogen (secondary N) is 1. The highest BCUT2D eigenvalue weighted by molar-refractivity contribution is 14.0. The van der Waals surface area contributed by atoms with Crippen LogP contribution in [0.3, 0.4) is 0 Å². The van der Waals surface area contributed by atoms with Crippen molar-refractivity contribution in [2.24, 2.45) is 18.0 Å². The second-order valence-electron chi connectivity index (χ2n) is 5.79. The quantitative estimate of drug-likeness (QED) is 0.447. The molecule has 1 unspecified atom stereocenters. The molecule has 1 saturated heterocycles. The fraction of sp³-hybridized carbons (Fsp3) is 0.733. The van der Waals surface area contributed by atoms with Crippen LogP contribution in [0, 0.1) is 5.92 Å². The smallest absolute Gasteiger partial charge is 0.194 e. The Labute approximate surface area is 155 Å². The molecule has 1 aromatic rings. The van der Waals surface area contributed by atoms with Gasteiger partial charge in [-0.05, 0) is 12.8 Å². The van der Waals surface area contributed by atoms with Gasteiger partial charge >= 0.3 is 0 Å². The highest BCUT2D eigenvalue weighted by Crippen LogP contribution is 2.24. The molecule has 5 nitrogen and oxygen atoms in total.